The van der Waals surface area contributed by atoms with Gasteiger partial charge < -0.3 is 0 Å². The van der Waals surface area contributed by atoms with Crippen molar-refractivity contribution in [3.63, 3.8) is 0 Å². The van der Waals surface area contributed by atoms with Crippen molar-refractivity contribution in [2.24, 2.45) is 0 Å². The monoisotopic (exact) mass is 680 g/mol. The fourth-order valence-electron chi connectivity index (χ4n) is 8.21. The molecule has 0 saturated heterocycles. The molecule has 0 amide bonds. The molecule has 6 heteroatoms. The van der Waals surface area contributed by atoms with Crippen LogP contribution in [0.5, 0.6) is 0 Å². The lowest BCUT2D eigenvalue weighted by molar-refractivity contribution is 0.936. The fraction of sp³-hybridized carbons (Fsp3) is 0. The van der Waals surface area contributed by atoms with Crippen molar-refractivity contribution < 1.29 is 0 Å². The summed E-state index contributed by atoms with van der Waals surface area (Å²) in [5.74, 6) is 0.620. The van der Waals surface area contributed by atoms with E-state index in [9.17, 15) is 0 Å². The Hall–Kier alpha value is -6.50. The van der Waals surface area contributed by atoms with Gasteiger partial charge in [0.1, 0.15) is 7.85 Å². The number of thiophene rings is 1. The summed E-state index contributed by atoms with van der Waals surface area (Å²) in [7, 11) is 2.19. The highest BCUT2D eigenvalue weighted by Crippen LogP contribution is 2.58. The van der Waals surface area contributed by atoms with Crippen molar-refractivity contribution in [1.29, 1.82) is 0 Å². The van der Waals surface area contributed by atoms with E-state index in [-0.39, 0.29) is 0 Å². The summed E-state index contributed by atoms with van der Waals surface area (Å²) in [5.41, 5.74) is 9.69. The van der Waals surface area contributed by atoms with Crippen molar-refractivity contribution in [3.8, 4) is 22.4 Å². The number of hydrazine groups is 1. The second-order valence-electron chi connectivity index (χ2n) is 13.4. The maximum atomic E-state index is 5.55. The highest BCUT2D eigenvalue weighted by molar-refractivity contribution is 7.26. The smallest absolute Gasteiger partial charge is 0.246 e. The lowest BCUT2D eigenvalue weighted by Gasteiger charge is -2.44. The van der Waals surface area contributed by atoms with Gasteiger partial charge in [0.15, 0.2) is 0 Å². The summed E-state index contributed by atoms with van der Waals surface area (Å²) in [6.07, 6.45) is 0. The van der Waals surface area contributed by atoms with Crippen LogP contribution < -0.4 is 15.5 Å². The van der Waals surface area contributed by atoms with E-state index in [0.717, 1.165) is 44.7 Å². The van der Waals surface area contributed by atoms with Crippen LogP contribution in [0, 0.1) is 0 Å². The first kappa shape index (κ1) is 29.3. The normalized spacial score (nSPS) is 12.6. The van der Waals surface area contributed by atoms with Crippen molar-refractivity contribution in [3.05, 3.63) is 164 Å². The van der Waals surface area contributed by atoms with Crippen LogP contribution in [-0.2, 0) is 0 Å². The van der Waals surface area contributed by atoms with E-state index in [1.54, 1.807) is 0 Å². The maximum absolute atomic E-state index is 5.55. The average molecular weight is 681 g/mol. The molecule has 1 aliphatic rings. The molecule has 0 fully saturated rings. The Labute approximate surface area is 305 Å². The molecule has 3 heterocycles. The van der Waals surface area contributed by atoms with Gasteiger partial charge in [0.05, 0.1) is 33.0 Å². The molecule has 0 saturated carbocycles. The number of benzene rings is 8. The van der Waals surface area contributed by atoms with Gasteiger partial charge in [-0.25, -0.2) is 20.0 Å². The maximum Gasteiger partial charge on any atom is 0.251 e. The molecule has 242 valence electrons. The van der Waals surface area contributed by atoms with Crippen LogP contribution in [0.2, 0.25) is 0 Å². The number of para-hydroxylation sites is 2. The predicted molar refractivity (Wildman–Crippen MR) is 224 cm³/mol. The van der Waals surface area contributed by atoms with Crippen LogP contribution in [0.25, 0.3) is 75.0 Å². The van der Waals surface area contributed by atoms with Gasteiger partial charge in [-0.05, 0) is 45.8 Å². The van der Waals surface area contributed by atoms with Gasteiger partial charge in [-0.15, -0.1) is 11.3 Å². The summed E-state index contributed by atoms with van der Waals surface area (Å²) in [6, 6.07) is 58.6. The molecule has 1 aliphatic heterocycles. The van der Waals surface area contributed by atoms with Crippen LogP contribution in [0.15, 0.2) is 164 Å². The van der Waals surface area contributed by atoms with Crippen LogP contribution in [0.4, 0.5) is 23.0 Å². The first-order valence-corrected chi connectivity index (χ1v) is 18.4. The minimum atomic E-state index is 0.620. The predicted octanol–water partition coefficient (Wildman–Crippen LogP) is 11.1. The van der Waals surface area contributed by atoms with Gasteiger partial charge >= 0.3 is 0 Å². The number of aromatic nitrogens is 2. The van der Waals surface area contributed by atoms with Crippen molar-refractivity contribution in [1.82, 2.24) is 9.97 Å². The summed E-state index contributed by atoms with van der Waals surface area (Å²) in [6.45, 7) is 0. The van der Waals surface area contributed by atoms with Crippen molar-refractivity contribution >= 4 is 100 Å². The van der Waals surface area contributed by atoms with E-state index < -0.39 is 0 Å². The van der Waals surface area contributed by atoms with E-state index in [0.29, 0.717) is 5.95 Å². The number of rotatable bonds is 3. The van der Waals surface area contributed by atoms with Crippen LogP contribution in [-0.4, -0.2) is 17.8 Å². The third kappa shape index (κ3) is 4.16. The van der Waals surface area contributed by atoms with E-state index in [1.165, 1.54) is 52.8 Å². The van der Waals surface area contributed by atoms with Gasteiger partial charge in [0.2, 0.25) is 0 Å². The molecular formula is C46H29BN4S. The summed E-state index contributed by atoms with van der Waals surface area (Å²) in [4.78, 5) is 11.0. The highest BCUT2D eigenvalue weighted by atomic mass is 32.1. The van der Waals surface area contributed by atoms with E-state index in [4.69, 9.17) is 9.97 Å². The molecule has 4 nitrogen and oxygen atoms in total. The summed E-state index contributed by atoms with van der Waals surface area (Å²) >= 11 is 1.85. The van der Waals surface area contributed by atoms with E-state index in [2.05, 4.69) is 182 Å². The second-order valence-corrected chi connectivity index (χ2v) is 14.5. The first-order valence-electron chi connectivity index (χ1n) is 17.6. The largest absolute Gasteiger partial charge is 0.251 e. The molecule has 2 aromatic heterocycles. The lowest BCUT2D eigenvalue weighted by Crippen LogP contribution is -2.42. The molecule has 11 rings (SSSR count). The Morgan fingerprint density at radius 1 is 0.481 bits per heavy atom. The van der Waals surface area contributed by atoms with Gasteiger partial charge in [0, 0.05) is 37.5 Å². The molecule has 10 aromatic rings. The molecule has 0 radical (unpaired) electrons. The van der Waals surface area contributed by atoms with E-state index >= 15 is 0 Å². The molecule has 0 spiro atoms. The Kier molecular flexibility index (Phi) is 6.33. The van der Waals surface area contributed by atoms with Crippen LogP contribution >= 0.6 is 11.3 Å². The number of anilines is 4. The average Bonchev–Trinajstić information content (AvgIpc) is 3.60. The summed E-state index contributed by atoms with van der Waals surface area (Å²) < 4.78 is 2.47. The third-order valence-electron chi connectivity index (χ3n) is 10.5. The van der Waals surface area contributed by atoms with Crippen LogP contribution in [0.3, 0.4) is 0 Å². The van der Waals surface area contributed by atoms with Gasteiger partial charge in [-0.3, -0.25) is 0 Å². The number of fused-ring (bicyclic) bond motifs is 13. The quantitative estimate of drug-likeness (QED) is 0.174. The molecular weight excluding hydrogens is 651 g/mol. The number of hydrogen-bond acceptors (Lipinski definition) is 5. The fourth-order valence-corrected chi connectivity index (χ4v) is 9.46. The lowest BCUT2D eigenvalue weighted by atomic mass is 9.86. The Bertz CT molecular complexity index is 3060. The standard InChI is InChI=1S/C46H29BN4S/c47-35-22-10-12-24-37(35)50-38-27-26-28-14-4-5-17-30(28)41(38)42-32-19-7-6-18-31(32)40-34-21-9-13-25-39(34)52-45(40)44(42)51(50)46-48-36-23-11-8-20-33(36)43(49-46)29-15-2-1-3-16-29/h1-27H,47H2. The minimum absolute atomic E-state index is 0.620. The topological polar surface area (TPSA) is 32.3 Å². The first-order chi connectivity index (χ1) is 25.7. The van der Waals surface area contributed by atoms with E-state index in [1.807, 2.05) is 11.3 Å². The molecule has 0 aliphatic carbocycles. The van der Waals surface area contributed by atoms with Gasteiger partial charge in [-0.1, -0.05) is 145 Å². The molecule has 52 heavy (non-hydrogen) atoms. The van der Waals surface area contributed by atoms with Crippen LogP contribution in [0.1, 0.15) is 0 Å². The third-order valence-corrected chi connectivity index (χ3v) is 11.7. The highest BCUT2D eigenvalue weighted by Gasteiger charge is 2.38. The Balaban J connectivity index is 1.38. The number of hydrogen-bond donors (Lipinski definition) is 0. The zero-order chi connectivity index (χ0) is 34.3. The molecule has 0 N–H and O–H groups in total. The zero-order valence-corrected chi connectivity index (χ0v) is 29.1. The van der Waals surface area contributed by atoms with Gasteiger partial charge in [0.25, 0.3) is 5.95 Å². The van der Waals surface area contributed by atoms with Crippen molar-refractivity contribution in [2.45, 2.75) is 0 Å². The Morgan fingerprint density at radius 2 is 1.15 bits per heavy atom. The van der Waals surface area contributed by atoms with Crippen molar-refractivity contribution in [2.75, 3.05) is 10.0 Å². The number of nitrogens with zero attached hydrogens (tertiary/aromatic N) is 4. The molecule has 8 aromatic carbocycles. The summed E-state index contributed by atoms with van der Waals surface area (Å²) in [5, 5.41) is 13.1. The Morgan fingerprint density at radius 3 is 2.00 bits per heavy atom. The SMILES string of the molecule is Bc1ccccc1N1c2ccc3ccccc3c2-c2c(c3sc4ccccc4c3c3ccccc23)N1c1nc(-c2ccccc2)c2ccccc2n1. The molecule has 0 bridgehead atoms. The molecule has 0 unspecified atom stereocenters. The second kappa shape index (κ2) is 11.3. The minimum Gasteiger partial charge on any atom is -0.246 e. The van der Waals surface area contributed by atoms with Gasteiger partial charge in [-0.2, -0.15) is 0 Å². The zero-order valence-electron chi connectivity index (χ0n) is 28.3. The molecule has 0 atom stereocenters.